The predicted molar refractivity (Wildman–Crippen MR) is 102 cm³/mol. The van der Waals surface area contributed by atoms with Crippen molar-refractivity contribution in [2.45, 2.75) is 57.5 Å². The lowest BCUT2D eigenvalue weighted by Crippen LogP contribution is -2.09. The molecule has 1 aliphatic carbocycles. The van der Waals surface area contributed by atoms with Crippen LogP contribution in [0.25, 0.3) is 21.9 Å². The average molecular weight is 358 g/mol. The number of aromatic amines is 1. The second-order valence-electron chi connectivity index (χ2n) is 7.44. The van der Waals surface area contributed by atoms with Gasteiger partial charge in [-0.3, -0.25) is 0 Å². The molecule has 0 spiro atoms. The largest absolute Gasteiger partial charge is 0.393 e. The van der Waals surface area contributed by atoms with Crippen LogP contribution in [0, 0.1) is 5.92 Å². The van der Waals surface area contributed by atoms with Gasteiger partial charge in [0, 0.05) is 16.8 Å². The van der Waals surface area contributed by atoms with Gasteiger partial charge in [0.25, 0.3) is 0 Å². The number of aliphatic hydroxyl groups is 1. The molecule has 25 heavy (non-hydrogen) atoms. The zero-order chi connectivity index (χ0) is 17.4. The fraction of sp³-hybridized carbons (Fsp3) is 0.500. The molecule has 1 aliphatic rings. The van der Waals surface area contributed by atoms with E-state index in [2.05, 4.69) is 4.98 Å². The van der Waals surface area contributed by atoms with Crippen molar-refractivity contribution in [2.75, 3.05) is 0 Å². The number of hydrogen-bond donors (Lipinski definition) is 2. The SMILES string of the molecule is CC(O)CC1CCCC(c2nc3ccc4[nH]c(Cl)ccc4c3n2)CC1. The molecule has 3 atom stereocenters. The van der Waals surface area contributed by atoms with Crippen LogP contribution in [0.4, 0.5) is 0 Å². The van der Waals surface area contributed by atoms with E-state index in [-0.39, 0.29) is 6.10 Å². The molecule has 2 aromatic heterocycles. The Kier molecular flexibility index (Phi) is 4.65. The molecule has 3 aromatic rings. The number of hydrogen-bond acceptors (Lipinski definition) is 3. The number of halogens is 1. The highest BCUT2D eigenvalue weighted by molar-refractivity contribution is 6.30. The van der Waals surface area contributed by atoms with E-state index in [9.17, 15) is 5.11 Å². The minimum Gasteiger partial charge on any atom is -0.393 e. The van der Waals surface area contributed by atoms with Crippen molar-refractivity contribution >= 4 is 33.5 Å². The third-order valence-electron chi connectivity index (χ3n) is 5.44. The van der Waals surface area contributed by atoms with Gasteiger partial charge in [0.15, 0.2) is 0 Å². The molecular weight excluding hydrogens is 334 g/mol. The summed E-state index contributed by atoms with van der Waals surface area (Å²) in [4.78, 5) is 12.9. The van der Waals surface area contributed by atoms with E-state index in [1.165, 1.54) is 12.8 Å². The van der Waals surface area contributed by atoms with Crippen molar-refractivity contribution in [3.8, 4) is 0 Å². The van der Waals surface area contributed by atoms with Gasteiger partial charge in [0.05, 0.1) is 11.6 Å². The van der Waals surface area contributed by atoms with Crippen molar-refractivity contribution in [3.63, 3.8) is 0 Å². The molecule has 4 nitrogen and oxygen atoms in total. The lowest BCUT2D eigenvalue weighted by Gasteiger charge is -2.15. The standard InChI is InChI=1S/C20H24ClN3O/c1-12(25)11-13-3-2-4-14(6-5-13)20-23-17-9-8-16-15(19(17)24-20)7-10-18(21)22-16/h7-10,12-14,22,25H,2-6,11H2,1H3. The van der Waals surface area contributed by atoms with E-state index in [1.807, 2.05) is 31.2 Å². The molecule has 1 saturated carbocycles. The van der Waals surface area contributed by atoms with E-state index in [0.717, 1.165) is 53.4 Å². The van der Waals surface area contributed by atoms with Gasteiger partial charge in [0.2, 0.25) is 0 Å². The normalized spacial score (nSPS) is 23.0. The molecule has 0 aliphatic heterocycles. The number of nitrogens with one attached hydrogen (secondary N) is 1. The summed E-state index contributed by atoms with van der Waals surface area (Å²) in [6.45, 7) is 1.89. The van der Waals surface area contributed by atoms with E-state index in [1.54, 1.807) is 0 Å². The lowest BCUT2D eigenvalue weighted by molar-refractivity contribution is 0.155. The summed E-state index contributed by atoms with van der Waals surface area (Å²) in [5.74, 6) is 2.04. The maximum atomic E-state index is 9.66. The Balaban J connectivity index is 1.62. The number of pyridine rings is 1. The summed E-state index contributed by atoms with van der Waals surface area (Å²) in [5, 5.41) is 11.4. The Bertz CT molecular complexity index is 889. The van der Waals surface area contributed by atoms with Crippen LogP contribution in [-0.4, -0.2) is 26.2 Å². The van der Waals surface area contributed by atoms with Crippen LogP contribution < -0.4 is 0 Å². The zero-order valence-electron chi connectivity index (χ0n) is 14.5. The highest BCUT2D eigenvalue weighted by Crippen LogP contribution is 2.36. The summed E-state index contributed by atoms with van der Waals surface area (Å²) < 4.78 is 0. The Morgan fingerprint density at radius 2 is 2.04 bits per heavy atom. The fourth-order valence-electron chi connectivity index (χ4n) is 4.21. The van der Waals surface area contributed by atoms with Crippen molar-refractivity contribution in [1.29, 1.82) is 0 Å². The van der Waals surface area contributed by atoms with Crippen molar-refractivity contribution < 1.29 is 5.11 Å². The van der Waals surface area contributed by atoms with Gasteiger partial charge in [-0.2, -0.15) is 0 Å². The topological polar surface area (TPSA) is 61.8 Å². The number of aromatic nitrogens is 3. The molecule has 2 N–H and O–H groups in total. The quantitative estimate of drug-likeness (QED) is 0.500. The molecule has 2 heterocycles. The molecular formula is C20H24ClN3O. The van der Waals surface area contributed by atoms with Gasteiger partial charge >= 0.3 is 0 Å². The van der Waals surface area contributed by atoms with E-state index >= 15 is 0 Å². The first kappa shape index (κ1) is 16.8. The minimum absolute atomic E-state index is 0.200. The number of benzene rings is 1. The van der Waals surface area contributed by atoms with Crippen molar-refractivity contribution in [2.24, 2.45) is 5.92 Å². The molecule has 0 saturated heterocycles. The highest BCUT2D eigenvalue weighted by Gasteiger charge is 2.24. The summed E-state index contributed by atoms with van der Waals surface area (Å²) in [5.41, 5.74) is 2.91. The molecule has 4 rings (SSSR count). The fourth-order valence-corrected chi connectivity index (χ4v) is 4.37. The van der Waals surface area contributed by atoms with Crippen LogP contribution in [0.3, 0.4) is 0 Å². The van der Waals surface area contributed by atoms with Crippen LogP contribution in [-0.2, 0) is 0 Å². The third kappa shape index (κ3) is 3.51. The summed E-state index contributed by atoms with van der Waals surface area (Å²) in [6.07, 6.45) is 6.53. The summed E-state index contributed by atoms with van der Waals surface area (Å²) in [7, 11) is 0. The molecule has 5 heteroatoms. The minimum atomic E-state index is -0.200. The first-order valence-corrected chi connectivity index (χ1v) is 9.61. The third-order valence-corrected chi connectivity index (χ3v) is 5.66. The van der Waals surface area contributed by atoms with Crippen molar-refractivity contribution in [1.82, 2.24) is 15.0 Å². The Hall–Kier alpha value is -1.65. The van der Waals surface area contributed by atoms with Gasteiger partial charge in [-0.1, -0.05) is 24.4 Å². The molecule has 0 amide bonds. The monoisotopic (exact) mass is 357 g/mol. The van der Waals surface area contributed by atoms with Crippen molar-refractivity contribution in [3.05, 3.63) is 35.2 Å². The highest BCUT2D eigenvalue weighted by atomic mass is 35.5. The first-order valence-electron chi connectivity index (χ1n) is 9.23. The maximum Gasteiger partial charge on any atom is 0.132 e. The average Bonchev–Trinajstić information content (AvgIpc) is 2.88. The number of nitrogens with zero attached hydrogens (tertiary/aromatic N) is 2. The number of H-pyrrole nitrogens is 1. The van der Waals surface area contributed by atoms with Crippen LogP contribution in [0.5, 0.6) is 0 Å². The van der Waals surface area contributed by atoms with Crippen LogP contribution >= 0.6 is 11.6 Å². The van der Waals surface area contributed by atoms with Gasteiger partial charge in [0.1, 0.15) is 16.5 Å². The maximum absolute atomic E-state index is 9.66. The van der Waals surface area contributed by atoms with E-state index in [0.29, 0.717) is 17.0 Å². The molecule has 132 valence electrons. The number of aliphatic hydroxyl groups excluding tert-OH is 1. The molecule has 3 unspecified atom stereocenters. The van der Waals surface area contributed by atoms with Crippen LogP contribution in [0.1, 0.15) is 57.2 Å². The molecule has 0 bridgehead atoms. The van der Waals surface area contributed by atoms with Gasteiger partial charge in [-0.05, 0) is 62.8 Å². The van der Waals surface area contributed by atoms with Crippen LogP contribution in [0.2, 0.25) is 5.15 Å². The molecule has 0 radical (unpaired) electrons. The molecule has 1 aromatic carbocycles. The summed E-state index contributed by atoms with van der Waals surface area (Å²) in [6, 6.07) is 7.92. The van der Waals surface area contributed by atoms with E-state index < -0.39 is 0 Å². The van der Waals surface area contributed by atoms with Gasteiger partial charge in [-0.15, -0.1) is 0 Å². The second-order valence-corrected chi connectivity index (χ2v) is 7.85. The van der Waals surface area contributed by atoms with E-state index in [4.69, 9.17) is 21.6 Å². The number of imidazole rings is 1. The summed E-state index contributed by atoms with van der Waals surface area (Å²) >= 11 is 6.06. The number of fused-ring (bicyclic) bond motifs is 3. The number of rotatable bonds is 3. The van der Waals surface area contributed by atoms with Gasteiger partial charge in [-0.25, -0.2) is 9.97 Å². The zero-order valence-corrected chi connectivity index (χ0v) is 15.3. The van der Waals surface area contributed by atoms with Crippen LogP contribution in [0.15, 0.2) is 24.3 Å². The predicted octanol–water partition coefficient (Wildman–Crippen LogP) is 5.20. The Morgan fingerprint density at radius 1 is 1.16 bits per heavy atom. The first-order chi connectivity index (χ1) is 12.1. The van der Waals surface area contributed by atoms with Gasteiger partial charge < -0.3 is 10.1 Å². The lowest BCUT2D eigenvalue weighted by atomic mass is 9.93. The Morgan fingerprint density at radius 3 is 2.88 bits per heavy atom. The Labute approximate surface area is 152 Å². The second kappa shape index (κ2) is 6.93. The smallest absolute Gasteiger partial charge is 0.132 e. The molecule has 1 fully saturated rings.